The van der Waals surface area contributed by atoms with E-state index in [1.807, 2.05) is 0 Å². The lowest BCUT2D eigenvalue weighted by Gasteiger charge is -2.08. The van der Waals surface area contributed by atoms with Gasteiger partial charge in [0.15, 0.2) is 0 Å². The molecule has 0 fully saturated rings. The number of nitrogens with one attached hydrogen (secondary N) is 1. The third-order valence-corrected chi connectivity index (χ3v) is 5.03. The van der Waals surface area contributed by atoms with Crippen LogP contribution in [0, 0.1) is 11.3 Å². The van der Waals surface area contributed by atoms with Gasteiger partial charge in [-0.15, -0.1) is 0 Å². The summed E-state index contributed by atoms with van der Waals surface area (Å²) >= 11 is 1.12. The molecule has 0 unspecified atom stereocenters. The molecule has 0 bridgehead atoms. The monoisotopic (exact) mass is 359 g/mol. The lowest BCUT2D eigenvalue weighted by atomic mass is 10.2. The van der Waals surface area contributed by atoms with Crippen LogP contribution < -0.4 is 5.43 Å². The van der Waals surface area contributed by atoms with Crippen LogP contribution in [0.4, 0.5) is 18.9 Å². The van der Waals surface area contributed by atoms with E-state index < -0.39 is 26.6 Å². The van der Waals surface area contributed by atoms with Crippen molar-refractivity contribution in [1.82, 2.24) is 0 Å². The van der Waals surface area contributed by atoms with Gasteiger partial charge >= 0.3 is 6.18 Å². The van der Waals surface area contributed by atoms with Crippen molar-refractivity contribution >= 4 is 31.9 Å². The molecule has 1 aromatic heterocycles. The number of nitrogens with zero attached hydrogens (tertiary/aromatic N) is 2. The minimum absolute atomic E-state index is 0.0897. The number of hydrogen-bond donors (Lipinski definition) is 1. The van der Waals surface area contributed by atoms with E-state index in [0.717, 1.165) is 29.5 Å². The molecule has 1 aromatic carbocycles. The Hall–Kier alpha value is -2.38. The Morgan fingerprint density at radius 3 is 2.61 bits per heavy atom. The van der Waals surface area contributed by atoms with E-state index in [1.54, 1.807) is 0 Å². The zero-order valence-electron chi connectivity index (χ0n) is 11.2. The SMILES string of the molecule is N#C/C(=N\Nc1cccc(C(F)(F)F)c1)S(=O)(=O)c1ccsc1. The minimum Gasteiger partial charge on any atom is -0.277 e. The highest BCUT2D eigenvalue weighted by atomic mass is 32.2. The van der Waals surface area contributed by atoms with Gasteiger partial charge in [-0.25, -0.2) is 8.42 Å². The van der Waals surface area contributed by atoms with Gasteiger partial charge in [-0.05, 0) is 29.6 Å². The lowest BCUT2D eigenvalue weighted by molar-refractivity contribution is -0.137. The number of anilines is 1. The number of sulfone groups is 1. The van der Waals surface area contributed by atoms with Crippen LogP contribution in [0.2, 0.25) is 0 Å². The number of rotatable bonds is 3. The van der Waals surface area contributed by atoms with Gasteiger partial charge in [-0.1, -0.05) is 6.07 Å². The summed E-state index contributed by atoms with van der Waals surface area (Å²) in [5, 5.41) is 14.4. The maximum Gasteiger partial charge on any atom is 0.416 e. The number of alkyl halides is 3. The Kier molecular flexibility index (Phi) is 4.72. The minimum atomic E-state index is -4.54. The Labute approximate surface area is 133 Å². The number of hydrazone groups is 1. The maximum atomic E-state index is 12.6. The molecule has 0 saturated carbocycles. The van der Waals surface area contributed by atoms with E-state index in [4.69, 9.17) is 5.26 Å². The van der Waals surface area contributed by atoms with Crippen LogP contribution >= 0.6 is 11.3 Å². The fourth-order valence-electron chi connectivity index (χ4n) is 1.54. The van der Waals surface area contributed by atoms with Crippen LogP contribution in [0.25, 0.3) is 0 Å². The highest BCUT2D eigenvalue weighted by Gasteiger charge is 2.30. The fraction of sp³-hybridized carbons (Fsp3) is 0.0769. The Balaban J connectivity index is 2.30. The van der Waals surface area contributed by atoms with Crippen LogP contribution in [-0.2, 0) is 16.0 Å². The lowest BCUT2D eigenvalue weighted by Crippen LogP contribution is -2.14. The van der Waals surface area contributed by atoms with Crippen LogP contribution in [0.15, 0.2) is 51.1 Å². The van der Waals surface area contributed by atoms with Crippen molar-refractivity contribution in [2.24, 2.45) is 5.10 Å². The van der Waals surface area contributed by atoms with E-state index in [2.05, 4.69) is 10.5 Å². The topological polar surface area (TPSA) is 82.3 Å². The summed E-state index contributed by atoms with van der Waals surface area (Å²) in [5.74, 6) is 0. The summed E-state index contributed by atoms with van der Waals surface area (Å²) in [6, 6.07) is 6.76. The molecule has 2 aromatic rings. The first-order valence-electron chi connectivity index (χ1n) is 5.93. The maximum absolute atomic E-state index is 12.6. The second-order valence-electron chi connectivity index (χ2n) is 4.18. The fourth-order valence-corrected chi connectivity index (χ4v) is 3.57. The first-order valence-corrected chi connectivity index (χ1v) is 8.36. The molecule has 0 amide bonds. The van der Waals surface area contributed by atoms with Crippen molar-refractivity contribution in [2.45, 2.75) is 11.1 Å². The number of benzene rings is 1. The van der Waals surface area contributed by atoms with Crippen molar-refractivity contribution < 1.29 is 21.6 Å². The molecular formula is C13H8F3N3O2S2. The zero-order chi connectivity index (χ0) is 17.1. The van der Waals surface area contributed by atoms with Crippen LogP contribution in [0.5, 0.6) is 0 Å². The zero-order valence-corrected chi connectivity index (χ0v) is 12.8. The summed E-state index contributed by atoms with van der Waals surface area (Å²) in [4.78, 5) is -0.103. The molecule has 120 valence electrons. The second-order valence-corrected chi connectivity index (χ2v) is 6.83. The Morgan fingerprint density at radius 2 is 2.04 bits per heavy atom. The quantitative estimate of drug-likeness (QED) is 0.517. The standard InChI is InChI=1S/C13H8F3N3O2S2/c14-13(15,16)9-2-1-3-10(6-9)18-19-12(7-17)23(20,21)11-4-5-22-8-11/h1-6,8,18H/b19-12+. The molecule has 1 N–H and O–H groups in total. The summed E-state index contributed by atoms with van der Waals surface area (Å²) in [7, 11) is -4.10. The normalized spacial score (nSPS) is 12.7. The molecule has 2 rings (SSSR count). The number of halogens is 3. The smallest absolute Gasteiger partial charge is 0.277 e. The summed E-state index contributed by atoms with van der Waals surface area (Å²) in [6.45, 7) is 0. The summed E-state index contributed by atoms with van der Waals surface area (Å²) in [5.41, 5.74) is 1.16. The van der Waals surface area contributed by atoms with Crippen molar-refractivity contribution in [3.63, 3.8) is 0 Å². The molecule has 10 heteroatoms. The van der Waals surface area contributed by atoms with Crippen molar-refractivity contribution in [1.29, 1.82) is 5.26 Å². The van der Waals surface area contributed by atoms with Crippen LogP contribution in [0.1, 0.15) is 5.56 Å². The molecule has 0 atom stereocenters. The largest absolute Gasteiger partial charge is 0.416 e. The number of hydrogen-bond acceptors (Lipinski definition) is 6. The molecule has 0 aliphatic heterocycles. The highest BCUT2D eigenvalue weighted by Crippen LogP contribution is 2.30. The van der Waals surface area contributed by atoms with Crippen molar-refractivity contribution in [3.8, 4) is 6.07 Å². The predicted octanol–water partition coefficient (Wildman–Crippen LogP) is 3.49. The Bertz CT molecular complexity index is 867. The van der Waals surface area contributed by atoms with Crippen molar-refractivity contribution in [2.75, 3.05) is 5.43 Å². The van der Waals surface area contributed by atoms with Gasteiger partial charge in [0, 0.05) is 5.38 Å². The number of nitriles is 1. The molecule has 0 spiro atoms. The molecular weight excluding hydrogens is 351 g/mol. The first-order chi connectivity index (χ1) is 10.7. The second kappa shape index (κ2) is 6.39. The third kappa shape index (κ3) is 3.88. The summed E-state index contributed by atoms with van der Waals surface area (Å²) in [6.07, 6.45) is -4.54. The van der Waals surface area contributed by atoms with Crippen LogP contribution in [0.3, 0.4) is 0 Å². The van der Waals surface area contributed by atoms with E-state index in [1.165, 1.54) is 29.0 Å². The molecule has 0 saturated heterocycles. The Morgan fingerprint density at radius 1 is 1.30 bits per heavy atom. The molecule has 23 heavy (non-hydrogen) atoms. The van der Waals surface area contributed by atoms with Crippen molar-refractivity contribution in [3.05, 3.63) is 46.7 Å². The molecule has 0 aliphatic carbocycles. The molecule has 0 aliphatic rings. The molecule has 1 heterocycles. The molecule has 0 radical (unpaired) electrons. The van der Waals surface area contributed by atoms with Gasteiger partial charge in [0.2, 0.25) is 9.84 Å². The van der Waals surface area contributed by atoms with E-state index >= 15 is 0 Å². The average Bonchev–Trinajstić information content (AvgIpc) is 3.02. The van der Waals surface area contributed by atoms with Gasteiger partial charge in [0.25, 0.3) is 5.04 Å². The van der Waals surface area contributed by atoms with E-state index in [-0.39, 0.29) is 10.6 Å². The third-order valence-electron chi connectivity index (χ3n) is 2.63. The highest BCUT2D eigenvalue weighted by molar-refractivity contribution is 8.07. The van der Waals surface area contributed by atoms with E-state index in [0.29, 0.717) is 0 Å². The summed E-state index contributed by atoms with van der Waals surface area (Å²) < 4.78 is 62.0. The van der Waals surface area contributed by atoms with Gasteiger partial charge < -0.3 is 0 Å². The average molecular weight is 359 g/mol. The van der Waals surface area contributed by atoms with E-state index in [9.17, 15) is 21.6 Å². The van der Waals surface area contributed by atoms with Gasteiger partial charge in [0.05, 0.1) is 16.1 Å². The molecule has 5 nitrogen and oxygen atoms in total. The first kappa shape index (κ1) is 17.0. The van der Waals surface area contributed by atoms with Gasteiger partial charge in [-0.3, -0.25) is 5.43 Å². The van der Waals surface area contributed by atoms with Gasteiger partial charge in [-0.2, -0.15) is 34.9 Å². The predicted molar refractivity (Wildman–Crippen MR) is 79.6 cm³/mol. The van der Waals surface area contributed by atoms with Gasteiger partial charge in [0.1, 0.15) is 6.07 Å². The van der Waals surface area contributed by atoms with Crippen LogP contribution in [-0.4, -0.2) is 13.5 Å². The number of thiophene rings is 1.